The summed E-state index contributed by atoms with van der Waals surface area (Å²) in [6, 6.07) is 0. The molecule has 0 amide bonds. The average Bonchev–Trinajstić information content (AvgIpc) is 3.11. The summed E-state index contributed by atoms with van der Waals surface area (Å²) in [4.78, 5) is 0. The fraction of sp³-hybridized carbons (Fsp3) is 0.600. The summed E-state index contributed by atoms with van der Waals surface area (Å²) in [5, 5.41) is 10.6. The molecule has 0 heterocycles. The monoisotopic (exact) mass is 352 g/mol. The number of rotatable bonds is 11. The van der Waals surface area contributed by atoms with Crippen LogP contribution in [0.3, 0.4) is 0 Å². The van der Waals surface area contributed by atoms with Crippen LogP contribution in [0.5, 0.6) is 0 Å². The van der Waals surface area contributed by atoms with E-state index in [1.807, 2.05) is 12.2 Å². The molecule has 0 unspecified atom stereocenters. The van der Waals surface area contributed by atoms with Gasteiger partial charge in [-0.05, 0) is 12.8 Å². The third-order valence-electron chi connectivity index (χ3n) is 2.99. The van der Waals surface area contributed by atoms with Crippen molar-refractivity contribution in [3.05, 3.63) is 58.0 Å². The van der Waals surface area contributed by atoms with Gasteiger partial charge in [-0.25, -0.2) is 0 Å². The third kappa shape index (κ3) is 24.0. The molecule has 0 spiro atoms. The molecule has 1 rings (SSSR count). The van der Waals surface area contributed by atoms with Crippen LogP contribution in [0, 0.1) is 0 Å². The molecule has 0 saturated heterocycles. The topological polar surface area (TPSA) is 28.2 Å². The number of hydrogen-bond acceptors (Lipinski definition) is 0. The van der Waals surface area contributed by atoms with Crippen molar-refractivity contribution in [1.82, 2.24) is 0 Å². The standard InChI is InChI=1S/2C7H14N.C5H5.CH3.Ti/c2*1-3-5-6-7-8-4-2;1-2-4-5-3-1;;/h2*3H,1,4-7H2,2H3;1-3H,4H2;1H3;/q2*-1;;;+2. The van der Waals surface area contributed by atoms with E-state index >= 15 is 0 Å². The molecule has 23 heavy (non-hydrogen) atoms. The van der Waals surface area contributed by atoms with Crippen LogP contribution in [0.1, 0.15) is 46.0 Å². The Morgan fingerprint density at radius 1 is 1.04 bits per heavy atom. The molecule has 0 aromatic carbocycles. The molecule has 3 heteroatoms. The van der Waals surface area contributed by atoms with E-state index in [0.29, 0.717) is 19.2 Å². The molecule has 0 aromatic heterocycles. The molecule has 1 aliphatic carbocycles. The van der Waals surface area contributed by atoms with Crippen molar-refractivity contribution in [3.8, 4) is 0 Å². The first-order chi connectivity index (χ1) is 11.3. The quantitative estimate of drug-likeness (QED) is 0.226. The Morgan fingerprint density at radius 3 is 1.83 bits per heavy atom. The normalized spacial score (nSPS) is 11.3. The molecule has 0 N–H and O–H groups in total. The van der Waals surface area contributed by atoms with E-state index in [1.54, 1.807) is 3.88 Å². The van der Waals surface area contributed by atoms with Gasteiger partial charge in [0, 0.05) is 0 Å². The van der Waals surface area contributed by atoms with E-state index in [9.17, 15) is 0 Å². The first-order valence-electron chi connectivity index (χ1n) is 8.78. The van der Waals surface area contributed by atoms with Crippen LogP contribution >= 0.6 is 0 Å². The van der Waals surface area contributed by atoms with Crippen LogP contribution in [0.2, 0.25) is 5.23 Å². The maximum absolute atomic E-state index is 4.16. The van der Waals surface area contributed by atoms with E-state index in [1.165, 1.54) is 6.42 Å². The van der Waals surface area contributed by atoms with Crippen LogP contribution < -0.4 is 0 Å². The molecule has 2 nitrogen and oxygen atoms in total. The fourth-order valence-corrected chi connectivity index (χ4v) is 2.56. The van der Waals surface area contributed by atoms with Gasteiger partial charge in [-0.2, -0.15) is 13.1 Å². The van der Waals surface area contributed by atoms with Gasteiger partial charge in [0.25, 0.3) is 0 Å². The fourth-order valence-electron chi connectivity index (χ4n) is 1.64. The second-order valence-corrected chi connectivity index (χ2v) is 6.75. The molecular weight excluding hydrogens is 316 g/mol. The summed E-state index contributed by atoms with van der Waals surface area (Å²) in [5.41, 5.74) is 0. The molecule has 130 valence electrons. The van der Waals surface area contributed by atoms with Crippen molar-refractivity contribution in [1.29, 1.82) is 0 Å². The van der Waals surface area contributed by atoms with E-state index in [2.05, 4.69) is 61.1 Å². The number of hydrogen-bond donors (Lipinski definition) is 0. The summed E-state index contributed by atoms with van der Waals surface area (Å²) in [6.45, 7) is 15.3. The SMILES string of the molecule is C=CCCC[N-]CC.C=CCCC[N-]CC.[CH3][Ti+2][C]1=CC=CC1. The Labute approximate surface area is 154 Å². The van der Waals surface area contributed by atoms with Crippen molar-refractivity contribution in [3.63, 3.8) is 0 Å². The van der Waals surface area contributed by atoms with Crippen molar-refractivity contribution >= 4 is 0 Å². The molecule has 0 aromatic rings. The average molecular weight is 352 g/mol. The zero-order chi connectivity index (χ0) is 17.6. The minimum absolute atomic E-state index is 0.292. The Morgan fingerprint density at radius 2 is 1.57 bits per heavy atom. The summed E-state index contributed by atoms with van der Waals surface area (Å²) < 4.78 is 1.68. The molecule has 0 atom stereocenters. The first kappa shape index (κ1) is 24.8. The summed E-state index contributed by atoms with van der Waals surface area (Å²) in [6.07, 6.45) is 16.3. The number of allylic oxidation sites excluding steroid dienone is 6. The van der Waals surface area contributed by atoms with Crippen LogP contribution in [0.25, 0.3) is 10.6 Å². The molecule has 1 aliphatic rings. The Kier molecular flexibility index (Phi) is 25.8. The predicted octanol–water partition coefficient (Wildman–Crippen LogP) is 6.65. The molecule has 0 bridgehead atoms. The van der Waals surface area contributed by atoms with E-state index < -0.39 is 0 Å². The predicted molar refractivity (Wildman–Crippen MR) is 104 cm³/mol. The Bertz CT molecular complexity index is 293. The van der Waals surface area contributed by atoms with E-state index in [-0.39, 0.29) is 0 Å². The summed E-state index contributed by atoms with van der Waals surface area (Å²) in [7, 11) is 0. The van der Waals surface area contributed by atoms with Crippen molar-refractivity contribution in [2.24, 2.45) is 0 Å². The molecule has 0 aliphatic heterocycles. The van der Waals surface area contributed by atoms with Gasteiger partial charge >= 0.3 is 52.9 Å². The first-order valence-corrected chi connectivity index (χ1v) is 11.1. The molecule has 0 saturated carbocycles. The van der Waals surface area contributed by atoms with Gasteiger partial charge in [0.05, 0.1) is 0 Å². The molecular formula is C20H36N2Ti. The summed E-state index contributed by atoms with van der Waals surface area (Å²) >= 11 is 0.292. The number of unbranched alkanes of at least 4 members (excludes halogenated alkanes) is 2. The molecule has 0 fully saturated rings. The second-order valence-electron chi connectivity index (χ2n) is 4.96. The zero-order valence-corrected chi connectivity index (χ0v) is 17.1. The van der Waals surface area contributed by atoms with Crippen LogP contribution in [0.15, 0.2) is 47.4 Å². The molecule has 0 radical (unpaired) electrons. The Hall–Kier alpha value is -0.406. The van der Waals surface area contributed by atoms with Gasteiger partial charge < -0.3 is 10.6 Å². The van der Waals surface area contributed by atoms with Gasteiger partial charge in [-0.3, -0.25) is 0 Å². The third-order valence-corrected chi connectivity index (χ3v) is 4.57. The van der Waals surface area contributed by atoms with Gasteiger partial charge in [-0.1, -0.05) is 38.8 Å². The van der Waals surface area contributed by atoms with Crippen molar-refractivity contribution < 1.29 is 19.2 Å². The van der Waals surface area contributed by atoms with Gasteiger partial charge in [0.1, 0.15) is 0 Å². The van der Waals surface area contributed by atoms with Crippen LogP contribution in [0.4, 0.5) is 0 Å². The zero-order valence-electron chi connectivity index (χ0n) is 15.6. The number of nitrogens with zero attached hydrogens (tertiary/aromatic N) is 2. The van der Waals surface area contributed by atoms with Crippen LogP contribution in [-0.4, -0.2) is 26.2 Å². The van der Waals surface area contributed by atoms with Gasteiger partial charge in [0.15, 0.2) is 0 Å². The van der Waals surface area contributed by atoms with E-state index in [0.717, 1.165) is 51.9 Å². The van der Waals surface area contributed by atoms with Crippen molar-refractivity contribution in [2.45, 2.75) is 51.2 Å². The Balaban J connectivity index is 0. The van der Waals surface area contributed by atoms with Crippen LogP contribution in [-0.2, 0) is 19.2 Å². The van der Waals surface area contributed by atoms with Gasteiger partial charge in [-0.15, -0.1) is 26.2 Å². The van der Waals surface area contributed by atoms with E-state index in [4.69, 9.17) is 0 Å². The van der Waals surface area contributed by atoms with Gasteiger partial charge in [0.2, 0.25) is 0 Å². The minimum atomic E-state index is 0.292. The summed E-state index contributed by atoms with van der Waals surface area (Å²) in [5.74, 6) is 0. The second kappa shape index (κ2) is 23.9. The maximum atomic E-state index is 4.16. The van der Waals surface area contributed by atoms with Crippen molar-refractivity contribution in [2.75, 3.05) is 26.2 Å².